The van der Waals surface area contributed by atoms with Gasteiger partial charge in [-0.1, -0.05) is 6.92 Å². The molecule has 0 atom stereocenters. The zero-order valence-electron chi connectivity index (χ0n) is 17.2. The van der Waals surface area contributed by atoms with E-state index in [9.17, 15) is 4.79 Å². The maximum absolute atomic E-state index is 12.8. The standard InChI is InChI=1S/C21H29N5O2/c1-20(2,3)28-18(27)16-14-24-26(17(16)21(4)8-9-21)15-6-12-25(13-7-15)19-22-10-5-11-23-19/h5,10-11,14-15H,6-9,12-13H2,1-4H3. The van der Waals surface area contributed by atoms with Gasteiger partial charge in [-0.2, -0.15) is 5.10 Å². The van der Waals surface area contributed by atoms with Gasteiger partial charge in [0.1, 0.15) is 11.2 Å². The van der Waals surface area contributed by atoms with Crippen molar-refractivity contribution >= 4 is 11.9 Å². The number of esters is 1. The molecule has 1 aliphatic heterocycles. The van der Waals surface area contributed by atoms with Crippen LogP contribution in [0.25, 0.3) is 0 Å². The van der Waals surface area contributed by atoms with Gasteiger partial charge < -0.3 is 9.64 Å². The topological polar surface area (TPSA) is 73.1 Å². The second-order valence-electron chi connectivity index (χ2n) is 9.18. The molecular formula is C21H29N5O2. The van der Waals surface area contributed by atoms with Gasteiger partial charge in [0.25, 0.3) is 0 Å². The van der Waals surface area contributed by atoms with Gasteiger partial charge in [-0.15, -0.1) is 0 Å². The zero-order valence-corrected chi connectivity index (χ0v) is 17.2. The van der Waals surface area contributed by atoms with E-state index in [1.807, 2.05) is 26.8 Å². The van der Waals surface area contributed by atoms with E-state index in [-0.39, 0.29) is 17.4 Å². The highest BCUT2D eigenvalue weighted by atomic mass is 16.6. The molecule has 7 heteroatoms. The van der Waals surface area contributed by atoms with Crippen molar-refractivity contribution in [3.05, 3.63) is 35.9 Å². The molecule has 0 radical (unpaired) electrons. The van der Waals surface area contributed by atoms with Crippen molar-refractivity contribution in [2.45, 2.75) is 70.4 Å². The summed E-state index contributed by atoms with van der Waals surface area (Å²) in [7, 11) is 0. The van der Waals surface area contributed by atoms with Crippen LogP contribution in [-0.2, 0) is 10.2 Å². The Morgan fingerprint density at radius 3 is 2.39 bits per heavy atom. The number of ether oxygens (including phenoxy) is 1. The summed E-state index contributed by atoms with van der Waals surface area (Å²) in [5.74, 6) is 0.516. The van der Waals surface area contributed by atoms with Gasteiger partial charge in [-0.05, 0) is 52.5 Å². The van der Waals surface area contributed by atoms with Crippen LogP contribution in [0.5, 0.6) is 0 Å². The van der Waals surface area contributed by atoms with Crippen LogP contribution in [0.15, 0.2) is 24.7 Å². The fourth-order valence-corrected chi connectivity index (χ4v) is 3.91. The molecule has 1 saturated heterocycles. The van der Waals surface area contributed by atoms with Gasteiger partial charge >= 0.3 is 5.97 Å². The molecule has 0 aromatic carbocycles. The van der Waals surface area contributed by atoms with Crippen LogP contribution in [0.4, 0.5) is 5.95 Å². The summed E-state index contributed by atoms with van der Waals surface area (Å²) < 4.78 is 7.75. The minimum Gasteiger partial charge on any atom is -0.456 e. The van der Waals surface area contributed by atoms with Crippen LogP contribution in [0.1, 0.15) is 75.5 Å². The Hall–Kier alpha value is -2.44. The summed E-state index contributed by atoms with van der Waals surface area (Å²) in [6, 6.07) is 2.12. The molecule has 0 N–H and O–H groups in total. The number of carbonyl (C=O) groups excluding carboxylic acids is 1. The predicted molar refractivity (Wildman–Crippen MR) is 106 cm³/mol. The SMILES string of the molecule is CC(C)(C)OC(=O)c1cnn(C2CCN(c3ncccn3)CC2)c1C1(C)CC1. The normalized spacial score (nSPS) is 19.5. The number of anilines is 1. The summed E-state index contributed by atoms with van der Waals surface area (Å²) in [4.78, 5) is 23.7. The predicted octanol–water partition coefficient (Wildman–Crippen LogP) is 3.52. The Kier molecular flexibility index (Phi) is 4.63. The molecule has 2 fully saturated rings. The van der Waals surface area contributed by atoms with E-state index in [1.165, 1.54) is 0 Å². The monoisotopic (exact) mass is 383 g/mol. The summed E-state index contributed by atoms with van der Waals surface area (Å²) in [5.41, 5.74) is 1.20. The van der Waals surface area contributed by atoms with E-state index < -0.39 is 5.60 Å². The van der Waals surface area contributed by atoms with E-state index in [0.29, 0.717) is 5.56 Å². The molecule has 1 saturated carbocycles. The Morgan fingerprint density at radius 1 is 1.18 bits per heavy atom. The van der Waals surface area contributed by atoms with Gasteiger partial charge in [0, 0.05) is 30.9 Å². The molecule has 2 aromatic heterocycles. The minimum atomic E-state index is -0.512. The van der Waals surface area contributed by atoms with Crippen molar-refractivity contribution in [3.8, 4) is 0 Å². The second kappa shape index (κ2) is 6.87. The van der Waals surface area contributed by atoms with Crippen molar-refractivity contribution < 1.29 is 9.53 Å². The van der Waals surface area contributed by atoms with Crippen LogP contribution >= 0.6 is 0 Å². The molecular weight excluding hydrogens is 354 g/mol. The third-order valence-corrected chi connectivity index (χ3v) is 5.63. The summed E-state index contributed by atoms with van der Waals surface area (Å²) >= 11 is 0. The lowest BCUT2D eigenvalue weighted by molar-refractivity contribution is 0.00672. The van der Waals surface area contributed by atoms with Gasteiger partial charge in [-0.25, -0.2) is 14.8 Å². The Bertz CT molecular complexity index is 843. The van der Waals surface area contributed by atoms with E-state index >= 15 is 0 Å². The highest BCUT2D eigenvalue weighted by molar-refractivity contribution is 5.91. The Labute approximate surface area is 166 Å². The summed E-state index contributed by atoms with van der Waals surface area (Å²) in [6.45, 7) is 9.68. The number of hydrogen-bond acceptors (Lipinski definition) is 6. The first-order valence-corrected chi connectivity index (χ1v) is 10.1. The van der Waals surface area contributed by atoms with Crippen molar-refractivity contribution in [1.82, 2.24) is 19.7 Å². The fourth-order valence-electron chi connectivity index (χ4n) is 3.91. The highest BCUT2D eigenvalue weighted by Crippen LogP contribution is 2.50. The van der Waals surface area contributed by atoms with Crippen LogP contribution < -0.4 is 4.90 Å². The molecule has 0 amide bonds. The third kappa shape index (κ3) is 3.75. The van der Waals surface area contributed by atoms with Crippen molar-refractivity contribution in [1.29, 1.82) is 0 Å². The molecule has 4 rings (SSSR count). The van der Waals surface area contributed by atoms with E-state index in [1.54, 1.807) is 18.6 Å². The van der Waals surface area contributed by atoms with E-state index in [4.69, 9.17) is 4.74 Å². The average molecular weight is 383 g/mol. The quantitative estimate of drug-likeness (QED) is 0.752. The fraction of sp³-hybridized carbons (Fsp3) is 0.619. The largest absolute Gasteiger partial charge is 0.456 e. The molecule has 7 nitrogen and oxygen atoms in total. The summed E-state index contributed by atoms with van der Waals surface area (Å²) in [6.07, 6.45) is 9.35. The van der Waals surface area contributed by atoms with Crippen LogP contribution in [-0.4, -0.2) is 44.4 Å². The lowest BCUT2D eigenvalue weighted by Crippen LogP contribution is -2.37. The number of piperidine rings is 1. The first-order valence-electron chi connectivity index (χ1n) is 10.1. The molecule has 28 heavy (non-hydrogen) atoms. The van der Waals surface area contributed by atoms with Gasteiger partial charge in [0.15, 0.2) is 0 Å². The van der Waals surface area contributed by atoms with Crippen LogP contribution in [0, 0.1) is 0 Å². The number of hydrogen-bond donors (Lipinski definition) is 0. The maximum Gasteiger partial charge on any atom is 0.342 e. The second-order valence-corrected chi connectivity index (χ2v) is 9.18. The molecule has 2 aromatic rings. The molecule has 0 unspecified atom stereocenters. The van der Waals surface area contributed by atoms with Crippen molar-refractivity contribution in [2.24, 2.45) is 0 Å². The Balaban J connectivity index is 1.55. The number of aromatic nitrogens is 4. The molecule has 150 valence electrons. The molecule has 3 heterocycles. The number of rotatable bonds is 4. The van der Waals surface area contributed by atoms with E-state index in [2.05, 4.69) is 31.6 Å². The van der Waals surface area contributed by atoms with Gasteiger partial charge in [0.05, 0.1) is 17.9 Å². The average Bonchev–Trinajstić information content (AvgIpc) is 3.24. The Morgan fingerprint density at radius 2 is 1.82 bits per heavy atom. The molecule has 0 bridgehead atoms. The lowest BCUT2D eigenvalue weighted by Gasteiger charge is -2.33. The smallest absolute Gasteiger partial charge is 0.342 e. The maximum atomic E-state index is 12.8. The minimum absolute atomic E-state index is 0.0302. The van der Waals surface area contributed by atoms with Gasteiger partial charge in [-0.3, -0.25) is 4.68 Å². The highest BCUT2D eigenvalue weighted by Gasteiger charge is 2.46. The van der Waals surface area contributed by atoms with Crippen molar-refractivity contribution in [2.75, 3.05) is 18.0 Å². The first-order chi connectivity index (χ1) is 13.3. The number of nitrogens with zero attached hydrogens (tertiary/aromatic N) is 5. The zero-order chi connectivity index (χ0) is 19.9. The van der Waals surface area contributed by atoms with Crippen LogP contribution in [0.3, 0.4) is 0 Å². The molecule has 0 spiro atoms. The van der Waals surface area contributed by atoms with Crippen molar-refractivity contribution in [3.63, 3.8) is 0 Å². The van der Waals surface area contributed by atoms with Crippen LogP contribution in [0.2, 0.25) is 0 Å². The third-order valence-electron chi connectivity index (χ3n) is 5.63. The summed E-state index contributed by atoms with van der Waals surface area (Å²) in [5, 5.41) is 4.66. The lowest BCUT2D eigenvalue weighted by atomic mass is 9.98. The van der Waals surface area contributed by atoms with E-state index in [0.717, 1.165) is 50.4 Å². The molecule has 2 aliphatic rings. The molecule has 1 aliphatic carbocycles. The first kappa shape index (κ1) is 18.9. The van der Waals surface area contributed by atoms with Gasteiger partial charge in [0.2, 0.25) is 5.95 Å². The number of carbonyl (C=O) groups is 1.